The van der Waals surface area contributed by atoms with Crippen LogP contribution in [0.5, 0.6) is 0 Å². The predicted octanol–water partition coefficient (Wildman–Crippen LogP) is 1.28. The average Bonchev–Trinajstić information content (AvgIpc) is 2.84. The molecule has 1 aliphatic rings. The molecule has 1 aromatic carbocycles. The number of rotatable bonds is 6. The zero-order valence-corrected chi connectivity index (χ0v) is 12.3. The number of aliphatic carboxylic acids is 1. The van der Waals surface area contributed by atoms with Crippen LogP contribution in [0.1, 0.15) is 25.3 Å². The molecule has 114 valence electrons. The molecule has 0 saturated carbocycles. The van der Waals surface area contributed by atoms with Crippen LogP contribution in [-0.2, 0) is 16.0 Å². The van der Waals surface area contributed by atoms with Crippen molar-refractivity contribution in [3.8, 4) is 0 Å². The summed E-state index contributed by atoms with van der Waals surface area (Å²) in [5.74, 6) is -1.21. The van der Waals surface area contributed by atoms with Crippen LogP contribution in [0.15, 0.2) is 30.3 Å². The van der Waals surface area contributed by atoms with Gasteiger partial charge in [0.25, 0.3) is 0 Å². The number of carbonyl (C=O) groups is 2. The van der Waals surface area contributed by atoms with E-state index in [0.717, 1.165) is 24.9 Å². The molecule has 1 fully saturated rings. The number of nitrogens with one attached hydrogen (secondary N) is 1. The topological polar surface area (TPSA) is 69.6 Å². The summed E-state index contributed by atoms with van der Waals surface area (Å²) in [4.78, 5) is 25.4. The van der Waals surface area contributed by atoms with E-state index in [-0.39, 0.29) is 12.5 Å². The van der Waals surface area contributed by atoms with Crippen molar-refractivity contribution in [1.29, 1.82) is 0 Å². The van der Waals surface area contributed by atoms with E-state index in [1.54, 1.807) is 0 Å². The van der Waals surface area contributed by atoms with Gasteiger partial charge in [-0.2, -0.15) is 0 Å². The van der Waals surface area contributed by atoms with Crippen LogP contribution in [-0.4, -0.2) is 47.1 Å². The fourth-order valence-electron chi connectivity index (χ4n) is 2.70. The molecule has 2 atom stereocenters. The number of hydrogen-bond donors (Lipinski definition) is 2. The number of amides is 1. The lowest BCUT2D eigenvalue weighted by Gasteiger charge is -2.22. The van der Waals surface area contributed by atoms with E-state index < -0.39 is 12.0 Å². The minimum absolute atomic E-state index is 0.216. The highest BCUT2D eigenvalue weighted by Crippen LogP contribution is 2.15. The summed E-state index contributed by atoms with van der Waals surface area (Å²) in [5.41, 5.74) is 0.903. The molecule has 0 radical (unpaired) electrons. The summed E-state index contributed by atoms with van der Waals surface area (Å²) in [7, 11) is 0. The molecule has 2 N–H and O–H groups in total. The lowest BCUT2D eigenvalue weighted by molar-refractivity contribution is -0.142. The van der Waals surface area contributed by atoms with Crippen molar-refractivity contribution >= 4 is 11.9 Å². The smallest absolute Gasteiger partial charge is 0.326 e. The van der Waals surface area contributed by atoms with Gasteiger partial charge in [0.1, 0.15) is 6.04 Å². The van der Waals surface area contributed by atoms with E-state index in [1.165, 1.54) is 0 Å². The normalized spacial score (nSPS) is 20.1. The van der Waals surface area contributed by atoms with Gasteiger partial charge < -0.3 is 10.4 Å². The summed E-state index contributed by atoms with van der Waals surface area (Å²) < 4.78 is 0. The van der Waals surface area contributed by atoms with Crippen molar-refractivity contribution in [3.63, 3.8) is 0 Å². The maximum absolute atomic E-state index is 12.0. The Hall–Kier alpha value is -1.88. The molecule has 0 bridgehead atoms. The molecule has 21 heavy (non-hydrogen) atoms. The number of hydrogen-bond acceptors (Lipinski definition) is 3. The van der Waals surface area contributed by atoms with Crippen molar-refractivity contribution in [2.45, 2.75) is 38.3 Å². The minimum atomic E-state index is -0.998. The van der Waals surface area contributed by atoms with E-state index in [4.69, 9.17) is 0 Å². The fourth-order valence-corrected chi connectivity index (χ4v) is 2.70. The van der Waals surface area contributed by atoms with Crippen LogP contribution in [0.25, 0.3) is 0 Å². The third-order valence-corrected chi connectivity index (χ3v) is 3.95. The monoisotopic (exact) mass is 290 g/mol. The second-order valence-electron chi connectivity index (χ2n) is 5.61. The molecule has 0 unspecified atom stereocenters. The lowest BCUT2D eigenvalue weighted by Crippen LogP contribution is -2.47. The lowest BCUT2D eigenvalue weighted by atomic mass is 10.1. The predicted molar refractivity (Wildman–Crippen MR) is 80.0 cm³/mol. The van der Waals surface area contributed by atoms with Crippen LogP contribution in [0.4, 0.5) is 0 Å². The number of benzene rings is 1. The second kappa shape index (κ2) is 7.22. The maximum Gasteiger partial charge on any atom is 0.326 e. The minimum Gasteiger partial charge on any atom is -0.480 e. The quantitative estimate of drug-likeness (QED) is 0.828. The first-order valence-electron chi connectivity index (χ1n) is 7.36. The Morgan fingerprint density at radius 1 is 1.38 bits per heavy atom. The highest BCUT2D eigenvalue weighted by molar-refractivity contribution is 5.84. The molecule has 1 aromatic rings. The number of carbonyl (C=O) groups excluding carboxylic acids is 1. The van der Waals surface area contributed by atoms with E-state index >= 15 is 0 Å². The first-order valence-corrected chi connectivity index (χ1v) is 7.36. The fraction of sp³-hybridized carbons (Fsp3) is 0.500. The summed E-state index contributed by atoms with van der Waals surface area (Å²) in [5, 5.41) is 11.9. The van der Waals surface area contributed by atoms with E-state index in [2.05, 4.69) is 17.1 Å². The van der Waals surface area contributed by atoms with Gasteiger partial charge in [0.15, 0.2) is 0 Å². The Kier molecular flexibility index (Phi) is 5.33. The first-order chi connectivity index (χ1) is 10.1. The molecule has 0 spiro atoms. The van der Waals surface area contributed by atoms with E-state index in [9.17, 15) is 14.7 Å². The van der Waals surface area contributed by atoms with Crippen LogP contribution in [0.3, 0.4) is 0 Å². The zero-order valence-electron chi connectivity index (χ0n) is 12.3. The third-order valence-electron chi connectivity index (χ3n) is 3.95. The Bertz CT molecular complexity index is 490. The summed E-state index contributed by atoms with van der Waals surface area (Å²) in [6.07, 6.45) is 2.50. The zero-order chi connectivity index (χ0) is 15.2. The van der Waals surface area contributed by atoms with E-state index in [0.29, 0.717) is 12.5 Å². The average molecular weight is 290 g/mol. The molecule has 2 rings (SSSR count). The van der Waals surface area contributed by atoms with Crippen LogP contribution in [0.2, 0.25) is 0 Å². The van der Waals surface area contributed by atoms with Gasteiger partial charge in [-0.1, -0.05) is 30.3 Å². The molecule has 1 heterocycles. The molecular weight excluding hydrogens is 268 g/mol. The molecule has 5 heteroatoms. The molecule has 1 saturated heterocycles. The Morgan fingerprint density at radius 2 is 2.10 bits per heavy atom. The number of carboxylic acids is 1. The van der Waals surface area contributed by atoms with Gasteiger partial charge in [0, 0.05) is 12.5 Å². The molecule has 1 aliphatic heterocycles. The van der Waals surface area contributed by atoms with Gasteiger partial charge in [-0.15, -0.1) is 0 Å². The van der Waals surface area contributed by atoms with Crippen molar-refractivity contribution < 1.29 is 14.7 Å². The number of nitrogens with zero attached hydrogens (tertiary/aromatic N) is 1. The summed E-state index contributed by atoms with van der Waals surface area (Å²) >= 11 is 0. The Labute approximate surface area is 125 Å². The van der Waals surface area contributed by atoms with Crippen LogP contribution in [0, 0.1) is 0 Å². The molecule has 0 aliphatic carbocycles. The maximum atomic E-state index is 12.0. The van der Waals surface area contributed by atoms with Gasteiger partial charge in [-0.25, -0.2) is 4.79 Å². The molecular formula is C16H22N2O3. The summed E-state index contributed by atoms with van der Waals surface area (Å²) in [6.45, 7) is 3.28. The second-order valence-corrected chi connectivity index (χ2v) is 5.61. The van der Waals surface area contributed by atoms with Gasteiger partial charge >= 0.3 is 5.97 Å². The van der Waals surface area contributed by atoms with Gasteiger partial charge in [0.05, 0.1) is 6.54 Å². The van der Waals surface area contributed by atoms with Crippen molar-refractivity contribution in [3.05, 3.63) is 35.9 Å². The van der Waals surface area contributed by atoms with Gasteiger partial charge in [0.2, 0.25) is 5.91 Å². The molecule has 1 amide bonds. The number of likely N-dealkylation sites (tertiary alicyclic amines) is 1. The van der Waals surface area contributed by atoms with Crippen LogP contribution >= 0.6 is 0 Å². The van der Waals surface area contributed by atoms with Crippen molar-refractivity contribution in [1.82, 2.24) is 10.2 Å². The van der Waals surface area contributed by atoms with Gasteiger partial charge in [-0.05, 0) is 31.9 Å². The van der Waals surface area contributed by atoms with Crippen molar-refractivity contribution in [2.24, 2.45) is 0 Å². The van der Waals surface area contributed by atoms with Gasteiger partial charge in [-0.3, -0.25) is 9.69 Å². The summed E-state index contributed by atoms with van der Waals surface area (Å²) in [6, 6.07) is 8.86. The van der Waals surface area contributed by atoms with E-state index in [1.807, 2.05) is 30.3 Å². The highest BCUT2D eigenvalue weighted by atomic mass is 16.4. The molecule has 0 aromatic heterocycles. The number of carboxylic acid groups (broad SMARTS) is 1. The first kappa shape index (κ1) is 15.5. The van der Waals surface area contributed by atoms with Crippen LogP contribution < -0.4 is 5.32 Å². The van der Waals surface area contributed by atoms with Crippen molar-refractivity contribution in [2.75, 3.05) is 13.1 Å². The largest absolute Gasteiger partial charge is 0.480 e. The SMILES string of the molecule is C[C@@H]1CCCN1CC(=O)N[C@H](Cc1ccccc1)C(=O)O. The standard InChI is InChI=1S/C16H22N2O3/c1-12-6-5-9-18(12)11-15(19)17-14(16(20)21)10-13-7-3-2-4-8-13/h2-4,7-8,12,14H,5-6,9-11H2,1H3,(H,17,19)(H,20,21)/t12-,14-/m1/s1. The Balaban J connectivity index is 1.90. The Morgan fingerprint density at radius 3 is 2.67 bits per heavy atom. The highest BCUT2D eigenvalue weighted by Gasteiger charge is 2.25. The third kappa shape index (κ3) is 4.56. The molecule has 5 nitrogen and oxygen atoms in total.